The predicted octanol–water partition coefficient (Wildman–Crippen LogP) is 3.59. The number of aliphatic hydroxyl groups is 1. The lowest BCUT2D eigenvalue weighted by Gasteiger charge is -2.35. The Morgan fingerprint density at radius 1 is 1.05 bits per heavy atom. The molecule has 1 heterocycles. The smallest absolute Gasteiger partial charge is 0.174 e. The zero-order valence-corrected chi connectivity index (χ0v) is 12.7. The Bertz CT molecular complexity index is 614. The van der Waals surface area contributed by atoms with Crippen LogP contribution >= 0.6 is 11.8 Å². The molecule has 0 aliphatic carbocycles. The molecule has 2 nitrogen and oxygen atoms in total. The Kier molecular flexibility index (Phi) is 4.04. The van der Waals surface area contributed by atoms with Gasteiger partial charge in [-0.15, -0.1) is 11.8 Å². The lowest BCUT2D eigenvalue weighted by atomic mass is 10.0. The molecular weight excluding hydrogens is 278 g/mol. The molecule has 1 atom stereocenters. The molecule has 0 spiro atoms. The van der Waals surface area contributed by atoms with Crippen LogP contribution in [-0.2, 0) is 12.1 Å². The molecule has 0 saturated carbocycles. The molecule has 0 radical (unpaired) electrons. The zero-order chi connectivity index (χ0) is 14.7. The number of hydrogen-bond donors (Lipinski definition) is 1. The van der Waals surface area contributed by atoms with Crippen molar-refractivity contribution < 1.29 is 5.11 Å². The van der Waals surface area contributed by atoms with Gasteiger partial charge >= 0.3 is 0 Å². The van der Waals surface area contributed by atoms with Crippen LogP contribution in [0.4, 0.5) is 0 Å². The summed E-state index contributed by atoms with van der Waals surface area (Å²) in [7, 11) is 0. The second-order valence-corrected chi connectivity index (χ2v) is 6.30. The first kappa shape index (κ1) is 14.2. The van der Waals surface area contributed by atoms with Crippen molar-refractivity contribution in [3.8, 4) is 0 Å². The Labute approximate surface area is 130 Å². The van der Waals surface area contributed by atoms with Crippen molar-refractivity contribution >= 4 is 11.8 Å². The second-order valence-electron chi connectivity index (χ2n) is 5.25. The van der Waals surface area contributed by atoms with Crippen molar-refractivity contribution in [3.05, 3.63) is 83.4 Å². The van der Waals surface area contributed by atoms with Crippen molar-refractivity contribution in [1.29, 1.82) is 0 Å². The van der Waals surface area contributed by atoms with Gasteiger partial charge in [-0.3, -0.25) is 0 Å². The van der Waals surface area contributed by atoms with E-state index in [1.807, 2.05) is 53.4 Å². The number of thioether (sulfide) groups is 1. The fraction of sp³-hybridized carbons (Fsp3) is 0.222. The standard InChI is InChI=1S/C18H19NOS/c1-15-19(13-12-16-8-4-2-5-9-16)18(20,14-21-15)17-10-6-3-7-11-17/h2-11,20H,1,12-14H2. The summed E-state index contributed by atoms with van der Waals surface area (Å²) in [6, 6.07) is 20.2. The van der Waals surface area contributed by atoms with Gasteiger partial charge in [-0.1, -0.05) is 67.2 Å². The van der Waals surface area contributed by atoms with Gasteiger partial charge in [-0.05, 0) is 12.0 Å². The van der Waals surface area contributed by atoms with Crippen LogP contribution in [0.25, 0.3) is 0 Å². The lowest BCUT2D eigenvalue weighted by Crippen LogP contribution is -2.43. The molecule has 0 amide bonds. The molecule has 1 fully saturated rings. The highest BCUT2D eigenvalue weighted by atomic mass is 32.2. The predicted molar refractivity (Wildman–Crippen MR) is 88.8 cm³/mol. The van der Waals surface area contributed by atoms with E-state index in [1.54, 1.807) is 11.8 Å². The van der Waals surface area contributed by atoms with Crippen LogP contribution < -0.4 is 0 Å². The molecule has 3 rings (SSSR count). The average Bonchev–Trinajstić information content (AvgIpc) is 2.83. The molecule has 108 valence electrons. The molecule has 0 aromatic heterocycles. The first-order valence-electron chi connectivity index (χ1n) is 7.11. The Balaban J connectivity index is 1.80. The van der Waals surface area contributed by atoms with Gasteiger partial charge in [0.25, 0.3) is 0 Å². The van der Waals surface area contributed by atoms with Gasteiger partial charge in [-0.2, -0.15) is 0 Å². The molecule has 1 aliphatic heterocycles. The number of hydrogen-bond acceptors (Lipinski definition) is 3. The van der Waals surface area contributed by atoms with E-state index in [2.05, 4.69) is 18.7 Å². The molecule has 1 saturated heterocycles. The molecule has 21 heavy (non-hydrogen) atoms. The summed E-state index contributed by atoms with van der Waals surface area (Å²) in [6.45, 7) is 4.86. The van der Waals surface area contributed by atoms with Crippen molar-refractivity contribution in [2.75, 3.05) is 12.3 Å². The van der Waals surface area contributed by atoms with Crippen LogP contribution in [0.3, 0.4) is 0 Å². The topological polar surface area (TPSA) is 23.5 Å². The molecule has 1 aliphatic rings. The summed E-state index contributed by atoms with van der Waals surface area (Å²) in [5, 5.41) is 12.1. The van der Waals surface area contributed by atoms with E-state index in [4.69, 9.17) is 0 Å². The molecule has 0 bridgehead atoms. The van der Waals surface area contributed by atoms with Crippen LogP contribution in [0.15, 0.2) is 72.3 Å². The normalized spacial score (nSPS) is 21.8. The Morgan fingerprint density at radius 2 is 1.67 bits per heavy atom. The fourth-order valence-corrected chi connectivity index (χ4v) is 3.77. The minimum atomic E-state index is -0.947. The quantitative estimate of drug-likeness (QED) is 0.933. The third-order valence-electron chi connectivity index (χ3n) is 3.89. The summed E-state index contributed by atoms with van der Waals surface area (Å²) in [4.78, 5) is 2.03. The third kappa shape index (κ3) is 2.85. The highest BCUT2D eigenvalue weighted by Gasteiger charge is 2.42. The van der Waals surface area contributed by atoms with Crippen LogP contribution in [0, 0.1) is 0 Å². The first-order chi connectivity index (χ1) is 10.2. The monoisotopic (exact) mass is 297 g/mol. The van der Waals surface area contributed by atoms with E-state index in [0.717, 1.165) is 23.6 Å². The highest BCUT2D eigenvalue weighted by molar-refractivity contribution is 8.03. The summed E-state index contributed by atoms with van der Waals surface area (Å²) in [6.07, 6.45) is 0.898. The van der Waals surface area contributed by atoms with Gasteiger partial charge in [0, 0.05) is 12.1 Å². The molecule has 1 N–H and O–H groups in total. The summed E-state index contributed by atoms with van der Waals surface area (Å²) in [5.74, 6) is 0.630. The molecule has 1 unspecified atom stereocenters. The van der Waals surface area contributed by atoms with E-state index in [9.17, 15) is 5.11 Å². The minimum Gasteiger partial charge on any atom is -0.366 e. The Hall–Kier alpha value is -1.71. The van der Waals surface area contributed by atoms with Gasteiger partial charge in [0.2, 0.25) is 0 Å². The maximum absolute atomic E-state index is 11.1. The number of rotatable bonds is 4. The van der Waals surface area contributed by atoms with Crippen molar-refractivity contribution in [1.82, 2.24) is 4.90 Å². The van der Waals surface area contributed by atoms with E-state index in [-0.39, 0.29) is 0 Å². The summed E-state index contributed by atoms with van der Waals surface area (Å²) >= 11 is 1.62. The molecule has 2 aromatic carbocycles. The van der Waals surface area contributed by atoms with Crippen molar-refractivity contribution in [2.24, 2.45) is 0 Å². The molecular formula is C18H19NOS. The van der Waals surface area contributed by atoms with E-state index in [1.165, 1.54) is 5.56 Å². The van der Waals surface area contributed by atoms with Gasteiger partial charge < -0.3 is 10.0 Å². The van der Waals surface area contributed by atoms with Gasteiger partial charge in [0.15, 0.2) is 5.72 Å². The van der Waals surface area contributed by atoms with Crippen LogP contribution in [0.2, 0.25) is 0 Å². The zero-order valence-electron chi connectivity index (χ0n) is 11.9. The van der Waals surface area contributed by atoms with E-state index >= 15 is 0 Å². The second kappa shape index (κ2) is 5.96. The largest absolute Gasteiger partial charge is 0.366 e. The van der Waals surface area contributed by atoms with Gasteiger partial charge in [0.1, 0.15) is 0 Å². The lowest BCUT2D eigenvalue weighted by molar-refractivity contribution is -0.0629. The minimum absolute atomic E-state index is 0.630. The highest BCUT2D eigenvalue weighted by Crippen LogP contribution is 2.43. The number of benzene rings is 2. The molecule has 2 aromatic rings. The summed E-state index contributed by atoms with van der Waals surface area (Å²) < 4.78 is 0. The number of nitrogens with zero attached hydrogens (tertiary/aromatic N) is 1. The molecule has 3 heteroatoms. The summed E-state index contributed by atoms with van der Waals surface area (Å²) in [5.41, 5.74) is 1.26. The SMILES string of the molecule is C=C1SCC(O)(c2ccccc2)N1CCc1ccccc1. The average molecular weight is 297 g/mol. The van der Waals surface area contributed by atoms with Gasteiger partial charge in [0.05, 0.1) is 10.8 Å². The van der Waals surface area contributed by atoms with Gasteiger partial charge in [-0.25, -0.2) is 0 Å². The Morgan fingerprint density at radius 3 is 2.33 bits per heavy atom. The van der Waals surface area contributed by atoms with Crippen molar-refractivity contribution in [3.63, 3.8) is 0 Å². The fourth-order valence-electron chi connectivity index (χ4n) is 2.69. The van der Waals surface area contributed by atoms with Crippen molar-refractivity contribution in [2.45, 2.75) is 12.1 Å². The maximum Gasteiger partial charge on any atom is 0.174 e. The van der Waals surface area contributed by atoms with Crippen LogP contribution in [0.5, 0.6) is 0 Å². The first-order valence-corrected chi connectivity index (χ1v) is 8.10. The van der Waals surface area contributed by atoms with E-state index in [0.29, 0.717) is 5.75 Å². The van der Waals surface area contributed by atoms with E-state index < -0.39 is 5.72 Å². The van der Waals surface area contributed by atoms with Crippen LogP contribution in [-0.4, -0.2) is 22.3 Å². The third-order valence-corrected chi connectivity index (χ3v) is 4.99. The van der Waals surface area contributed by atoms with Crippen LogP contribution in [0.1, 0.15) is 11.1 Å². The maximum atomic E-state index is 11.1.